The van der Waals surface area contributed by atoms with Crippen molar-refractivity contribution in [3.05, 3.63) is 30.1 Å². The van der Waals surface area contributed by atoms with E-state index in [0.29, 0.717) is 12.3 Å². The summed E-state index contributed by atoms with van der Waals surface area (Å²) in [6, 6.07) is 5.80. The van der Waals surface area contributed by atoms with Gasteiger partial charge in [-0.1, -0.05) is 6.92 Å². The van der Waals surface area contributed by atoms with Crippen molar-refractivity contribution in [1.82, 2.24) is 5.32 Å². The molecular weight excluding hydrogens is 233 g/mol. The number of ether oxygens (including phenoxy) is 1. The molecule has 3 unspecified atom stereocenters. The highest BCUT2D eigenvalue weighted by molar-refractivity contribution is 5.22. The lowest BCUT2D eigenvalue weighted by molar-refractivity contribution is 0.106. The second-order valence-electron chi connectivity index (χ2n) is 5.05. The van der Waals surface area contributed by atoms with E-state index in [9.17, 15) is 9.50 Å². The summed E-state index contributed by atoms with van der Waals surface area (Å²) in [7, 11) is 0. The summed E-state index contributed by atoms with van der Waals surface area (Å²) in [5.41, 5.74) is 0. The standard InChI is InChI=1S/C14H20FNO2/c1-10-6-11(10)7-16-8-13(17)9-18-14-4-2-12(15)3-5-14/h2-5,10-11,13,16-17H,6-9H2,1H3. The van der Waals surface area contributed by atoms with E-state index >= 15 is 0 Å². The van der Waals surface area contributed by atoms with Crippen molar-refractivity contribution in [3.63, 3.8) is 0 Å². The first-order chi connectivity index (χ1) is 8.65. The molecule has 0 spiro atoms. The van der Waals surface area contributed by atoms with E-state index in [0.717, 1.165) is 18.4 Å². The Morgan fingerprint density at radius 1 is 1.44 bits per heavy atom. The fourth-order valence-corrected chi connectivity index (χ4v) is 1.90. The van der Waals surface area contributed by atoms with Crippen molar-refractivity contribution in [3.8, 4) is 5.75 Å². The number of halogens is 1. The molecule has 0 saturated heterocycles. The minimum atomic E-state index is -0.538. The van der Waals surface area contributed by atoms with E-state index < -0.39 is 6.10 Å². The van der Waals surface area contributed by atoms with Gasteiger partial charge in [0.15, 0.2) is 0 Å². The Bertz CT molecular complexity index is 369. The van der Waals surface area contributed by atoms with Gasteiger partial charge in [0.2, 0.25) is 0 Å². The molecule has 1 aliphatic carbocycles. The van der Waals surface area contributed by atoms with E-state index in [1.54, 1.807) is 12.1 Å². The lowest BCUT2D eigenvalue weighted by Gasteiger charge is -2.13. The molecule has 3 atom stereocenters. The third-order valence-electron chi connectivity index (χ3n) is 3.32. The molecule has 0 aromatic heterocycles. The van der Waals surface area contributed by atoms with E-state index in [4.69, 9.17) is 4.74 Å². The van der Waals surface area contributed by atoms with Gasteiger partial charge in [0, 0.05) is 6.54 Å². The van der Waals surface area contributed by atoms with Crippen LogP contribution in [0.2, 0.25) is 0 Å². The summed E-state index contributed by atoms with van der Waals surface area (Å²) in [6.07, 6.45) is 0.749. The first-order valence-corrected chi connectivity index (χ1v) is 6.42. The molecule has 0 aliphatic heterocycles. The summed E-state index contributed by atoms with van der Waals surface area (Å²) >= 11 is 0. The van der Waals surface area contributed by atoms with Gasteiger partial charge in [-0.15, -0.1) is 0 Å². The Balaban J connectivity index is 1.59. The van der Waals surface area contributed by atoms with Gasteiger partial charge in [-0.2, -0.15) is 0 Å². The number of benzene rings is 1. The van der Waals surface area contributed by atoms with Crippen LogP contribution in [-0.2, 0) is 0 Å². The highest BCUT2D eigenvalue weighted by Crippen LogP contribution is 2.36. The van der Waals surface area contributed by atoms with Crippen LogP contribution in [0.5, 0.6) is 5.75 Å². The van der Waals surface area contributed by atoms with Gasteiger partial charge < -0.3 is 15.2 Å². The Labute approximate surface area is 107 Å². The molecule has 1 saturated carbocycles. The van der Waals surface area contributed by atoms with Gasteiger partial charge in [0.05, 0.1) is 0 Å². The molecule has 3 nitrogen and oxygen atoms in total. The molecule has 0 radical (unpaired) electrons. The SMILES string of the molecule is CC1CC1CNCC(O)COc1ccc(F)cc1. The predicted octanol–water partition coefficient (Wildman–Crippen LogP) is 1.81. The summed E-state index contributed by atoms with van der Waals surface area (Å²) < 4.78 is 18.0. The Morgan fingerprint density at radius 2 is 2.11 bits per heavy atom. The number of aliphatic hydroxyl groups is 1. The van der Waals surface area contributed by atoms with Crippen molar-refractivity contribution in [2.45, 2.75) is 19.4 Å². The van der Waals surface area contributed by atoms with Crippen LogP contribution in [0.15, 0.2) is 24.3 Å². The largest absolute Gasteiger partial charge is 0.491 e. The minimum Gasteiger partial charge on any atom is -0.491 e. The normalized spacial score (nSPS) is 23.7. The smallest absolute Gasteiger partial charge is 0.123 e. The van der Waals surface area contributed by atoms with Crippen LogP contribution in [0.4, 0.5) is 4.39 Å². The van der Waals surface area contributed by atoms with Crippen molar-refractivity contribution in [2.24, 2.45) is 11.8 Å². The van der Waals surface area contributed by atoms with Crippen LogP contribution in [0.3, 0.4) is 0 Å². The Morgan fingerprint density at radius 3 is 2.72 bits per heavy atom. The highest BCUT2D eigenvalue weighted by atomic mass is 19.1. The van der Waals surface area contributed by atoms with Crippen LogP contribution < -0.4 is 10.1 Å². The predicted molar refractivity (Wildman–Crippen MR) is 68.0 cm³/mol. The molecule has 1 aromatic carbocycles. The minimum absolute atomic E-state index is 0.221. The number of aliphatic hydroxyl groups excluding tert-OH is 1. The van der Waals surface area contributed by atoms with Gasteiger partial charge in [-0.25, -0.2) is 4.39 Å². The van der Waals surface area contributed by atoms with E-state index in [1.807, 2.05) is 0 Å². The molecule has 4 heteroatoms. The van der Waals surface area contributed by atoms with Gasteiger partial charge in [0.25, 0.3) is 0 Å². The van der Waals surface area contributed by atoms with E-state index in [2.05, 4.69) is 12.2 Å². The van der Waals surface area contributed by atoms with Gasteiger partial charge in [-0.05, 0) is 49.1 Å². The topological polar surface area (TPSA) is 41.5 Å². The Hall–Kier alpha value is -1.13. The van der Waals surface area contributed by atoms with Gasteiger partial charge >= 0.3 is 0 Å². The van der Waals surface area contributed by atoms with Crippen LogP contribution in [0.25, 0.3) is 0 Å². The van der Waals surface area contributed by atoms with Crippen LogP contribution >= 0.6 is 0 Å². The average molecular weight is 253 g/mol. The maximum atomic E-state index is 12.7. The lowest BCUT2D eigenvalue weighted by atomic mass is 10.3. The molecule has 0 heterocycles. The second kappa shape index (κ2) is 6.16. The summed E-state index contributed by atoms with van der Waals surface area (Å²) in [4.78, 5) is 0. The fraction of sp³-hybridized carbons (Fsp3) is 0.571. The van der Waals surface area contributed by atoms with E-state index in [-0.39, 0.29) is 12.4 Å². The maximum absolute atomic E-state index is 12.7. The monoisotopic (exact) mass is 253 g/mol. The summed E-state index contributed by atoms with van der Waals surface area (Å²) in [5, 5.41) is 12.9. The molecule has 1 aromatic rings. The number of rotatable bonds is 7. The summed E-state index contributed by atoms with van der Waals surface area (Å²) in [5.74, 6) is 1.88. The third kappa shape index (κ3) is 4.27. The Kier molecular flexibility index (Phi) is 4.55. The third-order valence-corrected chi connectivity index (χ3v) is 3.32. The van der Waals surface area contributed by atoms with Gasteiger partial charge in [0.1, 0.15) is 24.3 Å². The number of hydrogen-bond acceptors (Lipinski definition) is 3. The molecule has 1 fully saturated rings. The number of hydrogen-bond donors (Lipinski definition) is 2. The van der Waals surface area contributed by atoms with Crippen molar-refractivity contribution >= 4 is 0 Å². The second-order valence-corrected chi connectivity index (χ2v) is 5.05. The van der Waals surface area contributed by atoms with Crippen LogP contribution in [0, 0.1) is 17.7 Å². The maximum Gasteiger partial charge on any atom is 0.123 e. The zero-order valence-electron chi connectivity index (χ0n) is 10.6. The molecular formula is C14H20FNO2. The lowest BCUT2D eigenvalue weighted by Crippen LogP contribution is -2.32. The van der Waals surface area contributed by atoms with Gasteiger partial charge in [-0.3, -0.25) is 0 Å². The summed E-state index contributed by atoms with van der Waals surface area (Å²) in [6.45, 7) is 3.96. The fourth-order valence-electron chi connectivity index (χ4n) is 1.90. The first kappa shape index (κ1) is 13.3. The zero-order valence-corrected chi connectivity index (χ0v) is 10.6. The first-order valence-electron chi connectivity index (χ1n) is 6.42. The van der Waals surface area contributed by atoms with Crippen molar-refractivity contribution in [2.75, 3.05) is 19.7 Å². The van der Waals surface area contributed by atoms with Crippen LogP contribution in [-0.4, -0.2) is 30.9 Å². The van der Waals surface area contributed by atoms with Crippen molar-refractivity contribution in [1.29, 1.82) is 0 Å². The van der Waals surface area contributed by atoms with Crippen molar-refractivity contribution < 1.29 is 14.2 Å². The molecule has 2 N–H and O–H groups in total. The molecule has 18 heavy (non-hydrogen) atoms. The molecule has 1 aliphatic rings. The van der Waals surface area contributed by atoms with Crippen LogP contribution in [0.1, 0.15) is 13.3 Å². The highest BCUT2D eigenvalue weighted by Gasteiger charge is 2.31. The molecule has 2 rings (SSSR count). The average Bonchev–Trinajstić information content (AvgIpc) is 3.05. The molecule has 0 bridgehead atoms. The molecule has 0 amide bonds. The zero-order chi connectivity index (χ0) is 13.0. The molecule has 100 valence electrons. The quantitative estimate of drug-likeness (QED) is 0.778. The van der Waals surface area contributed by atoms with E-state index in [1.165, 1.54) is 18.6 Å². The number of nitrogens with one attached hydrogen (secondary N) is 1.